The molecule has 0 atom stereocenters. The molecule has 0 amide bonds. The van der Waals surface area contributed by atoms with Crippen molar-refractivity contribution < 1.29 is 14.2 Å². The molecule has 0 heterocycles. The number of halogens is 2. The number of aliphatic hydroxyl groups excluding tert-OH is 1. The summed E-state index contributed by atoms with van der Waals surface area (Å²) in [6, 6.07) is 4.28. The molecule has 0 fully saturated rings. The van der Waals surface area contributed by atoms with Gasteiger partial charge in [-0.15, -0.1) is 0 Å². The molecule has 2 N–H and O–H groups in total. The summed E-state index contributed by atoms with van der Waals surface area (Å²) in [5.74, 6) is 0.315. The van der Waals surface area contributed by atoms with Gasteiger partial charge in [-0.2, -0.15) is 0 Å². The molecule has 0 aromatic heterocycles. The van der Waals surface area contributed by atoms with Crippen LogP contribution in [0.1, 0.15) is 0 Å². The quantitative estimate of drug-likeness (QED) is 0.776. The molecule has 0 aliphatic heterocycles. The first kappa shape index (κ1) is 12.4. The summed E-state index contributed by atoms with van der Waals surface area (Å²) >= 11 is 3.20. The van der Waals surface area contributed by atoms with Crippen molar-refractivity contribution in [1.29, 1.82) is 0 Å². The lowest BCUT2D eigenvalue weighted by Crippen LogP contribution is -2.24. The number of aliphatic hydroxyl groups is 1. The van der Waals surface area contributed by atoms with Crippen LogP contribution in [0, 0.1) is 5.82 Å². The van der Waals surface area contributed by atoms with Gasteiger partial charge in [0.05, 0.1) is 11.1 Å². The zero-order valence-electron chi connectivity index (χ0n) is 8.17. The predicted octanol–water partition coefficient (Wildman–Crippen LogP) is 1.55. The van der Waals surface area contributed by atoms with Gasteiger partial charge in [-0.25, -0.2) is 4.39 Å². The molecule has 0 unspecified atom stereocenters. The summed E-state index contributed by atoms with van der Waals surface area (Å²) in [5, 5.41) is 11.5. The van der Waals surface area contributed by atoms with Gasteiger partial charge in [-0.3, -0.25) is 0 Å². The fraction of sp³-hybridized carbons (Fsp3) is 0.400. The topological polar surface area (TPSA) is 41.5 Å². The van der Waals surface area contributed by atoms with Crippen LogP contribution in [0.15, 0.2) is 22.7 Å². The van der Waals surface area contributed by atoms with Gasteiger partial charge in [-0.1, -0.05) is 0 Å². The summed E-state index contributed by atoms with van der Waals surface area (Å²) in [6.45, 7) is 1.78. The highest BCUT2D eigenvalue weighted by Gasteiger charge is 2.01. The number of hydrogen-bond acceptors (Lipinski definition) is 3. The maximum Gasteiger partial charge on any atom is 0.133 e. The first-order valence-corrected chi connectivity index (χ1v) is 5.43. The minimum atomic E-state index is -0.298. The van der Waals surface area contributed by atoms with E-state index in [4.69, 9.17) is 9.84 Å². The van der Waals surface area contributed by atoms with E-state index in [-0.39, 0.29) is 12.4 Å². The molecule has 1 aromatic rings. The first-order chi connectivity index (χ1) is 7.24. The molecule has 15 heavy (non-hydrogen) atoms. The molecule has 0 radical (unpaired) electrons. The second-order valence-electron chi connectivity index (χ2n) is 2.90. The number of rotatable bonds is 6. The third kappa shape index (κ3) is 4.59. The van der Waals surface area contributed by atoms with Gasteiger partial charge < -0.3 is 15.2 Å². The van der Waals surface area contributed by atoms with E-state index >= 15 is 0 Å². The zero-order valence-corrected chi connectivity index (χ0v) is 9.76. The van der Waals surface area contributed by atoms with E-state index in [1.165, 1.54) is 12.1 Å². The van der Waals surface area contributed by atoms with Crippen LogP contribution in [0.5, 0.6) is 5.75 Å². The summed E-state index contributed by atoms with van der Waals surface area (Å²) in [4.78, 5) is 0. The van der Waals surface area contributed by atoms with Crippen LogP contribution in [0.3, 0.4) is 0 Å². The van der Waals surface area contributed by atoms with Gasteiger partial charge >= 0.3 is 0 Å². The fourth-order valence-corrected chi connectivity index (χ4v) is 1.49. The molecular formula is C10H13BrFNO2. The summed E-state index contributed by atoms with van der Waals surface area (Å²) in [5.41, 5.74) is 0. The Bertz CT molecular complexity index is 309. The van der Waals surface area contributed by atoms with Crippen LogP contribution in [0.4, 0.5) is 4.39 Å². The average Bonchev–Trinajstić information content (AvgIpc) is 2.20. The fourth-order valence-electron chi connectivity index (χ4n) is 1.03. The van der Waals surface area contributed by atoms with Gasteiger partial charge in [0.25, 0.3) is 0 Å². The van der Waals surface area contributed by atoms with Gasteiger partial charge in [0.15, 0.2) is 0 Å². The minimum absolute atomic E-state index is 0.111. The van der Waals surface area contributed by atoms with Gasteiger partial charge in [-0.05, 0) is 34.1 Å². The normalized spacial score (nSPS) is 10.3. The largest absolute Gasteiger partial charge is 0.491 e. The van der Waals surface area contributed by atoms with E-state index in [2.05, 4.69) is 21.2 Å². The Labute approximate surface area is 96.4 Å². The molecule has 0 aliphatic rings. The van der Waals surface area contributed by atoms with Crippen molar-refractivity contribution in [3.05, 3.63) is 28.5 Å². The van der Waals surface area contributed by atoms with Crippen molar-refractivity contribution in [3.63, 3.8) is 0 Å². The van der Waals surface area contributed by atoms with Crippen LogP contribution in [-0.2, 0) is 0 Å². The molecule has 0 spiro atoms. The maximum atomic E-state index is 12.7. The summed E-state index contributed by atoms with van der Waals surface area (Å²) in [6.07, 6.45) is 0. The highest BCUT2D eigenvalue weighted by atomic mass is 79.9. The molecule has 1 aromatic carbocycles. The lowest BCUT2D eigenvalue weighted by Gasteiger charge is -2.08. The monoisotopic (exact) mass is 277 g/mol. The molecular weight excluding hydrogens is 265 g/mol. The SMILES string of the molecule is OCCNCCOc1ccc(F)cc1Br. The van der Waals surface area contributed by atoms with Gasteiger partial charge in [0.2, 0.25) is 0 Å². The Morgan fingerprint density at radius 3 is 2.87 bits per heavy atom. The molecule has 0 bridgehead atoms. The Balaban J connectivity index is 2.31. The maximum absolute atomic E-state index is 12.7. The average molecular weight is 278 g/mol. The number of benzene rings is 1. The number of nitrogens with one attached hydrogen (secondary N) is 1. The van der Waals surface area contributed by atoms with Crippen LogP contribution >= 0.6 is 15.9 Å². The minimum Gasteiger partial charge on any atom is -0.491 e. The smallest absolute Gasteiger partial charge is 0.133 e. The number of ether oxygens (including phenoxy) is 1. The zero-order chi connectivity index (χ0) is 11.1. The van der Waals surface area contributed by atoms with Gasteiger partial charge in [0.1, 0.15) is 18.2 Å². The molecule has 0 saturated carbocycles. The second-order valence-corrected chi connectivity index (χ2v) is 3.75. The highest BCUT2D eigenvalue weighted by Crippen LogP contribution is 2.25. The van der Waals surface area contributed by atoms with Crippen molar-refractivity contribution in [2.75, 3.05) is 26.3 Å². The van der Waals surface area contributed by atoms with E-state index in [0.717, 1.165) is 0 Å². The Morgan fingerprint density at radius 2 is 2.20 bits per heavy atom. The Morgan fingerprint density at radius 1 is 1.40 bits per heavy atom. The molecule has 0 aliphatic carbocycles. The molecule has 84 valence electrons. The Kier molecular flexibility index (Phi) is 5.60. The molecule has 1 rings (SSSR count). The standard InChI is InChI=1S/C10H13BrFNO2/c11-9-7-8(12)1-2-10(9)15-6-4-13-3-5-14/h1-2,7,13-14H,3-6H2. The lowest BCUT2D eigenvalue weighted by molar-refractivity contribution is 0.275. The van der Waals surface area contributed by atoms with Crippen molar-refractivity contribution in [1.82, 2.24) is 5.32 Å². The van der Waals surface area contributed by atoms with E-state index in [9.17, 15) is 4.39 Å². The lowest BCUT2D eigenvalue weighted by atomic mass is 10.3. The Hall–Kier alpha value is -0.650. The van der Waals surface area contributed by atoms with E-state index in [1.54, 1.807) is 6.07 Å². The molecule has 0 saturated heterocycles. The van der Waals surface area contributed by atoms with Crippen LogP contribution in [-0.4, -0.2) is 31.4 Å². The summed E-state index contributed by atoms with van der Waals surface area (Å²) in [7, 11) is 0. The predicted molar refractivity (Wildman–Crippen MR) is 59.6 cm³/mol. The van der Waals surface area contributed by atoms with E-state index in [1.807, 2.05) is 0 Å². The van der Waals surface area contributed by atoms with Crippen molar-refractivity contribution in [2.45, 2.75) is 0 Å². The first-order valence-electron chi connectivity index (χ1n) is 4.63. The van der Waals surface area contributed by atoms with E-state index < -0.39 is 0 Å². The van der Waals surface area contributed by atoms with Crippen LogP contribution < -0.4 is 10.1 Å². The van der Waals surface area contributed by atoms with Crippen LogP contribution in [0.2, 0.25) is 0 Å². The molecule has 3 nitrogen and oxygen atoms in total. The van der Waals surface area contributed by atoms with Crippen molar-refractivity contribution in [3.8, 4) is 5.75 Å². The van der Waals surface area contributed by atoms with Crippen molar-refractivity contribution in [2.24, 2.45) is 0 Å². The molecule has 5 heteroatoms. The van der Waals surface area contributed by atoms with E-state index in [0.29, 0.717) is 29.9 Å². The van der Waals surface area contributed by atoms with Crippen molar-refractivity contribution >= 4 is 15.9 Å². The second kappa shape index (κ2) is 6.76. The van der Waals surface area contributed by atoms with Gasteiger partial charge in [0, 0.05) is 13.1 Å². The highest BCUT2D eigenvalue weighted by molar-refractivity contribution is 9.10. The van der Waals surface area contributed by atoms with Crippen LogP contribution in [0.25, 0.3) is 0 Å². The summed E-state index contributed by atoms with van der Waals surface area (Å²) < 4.78 is 18.7. The third-order valence-electron chi connectivity index (χ3n) is 1.72. The third-order valence-corrected chi connectivity index (χ3v) is 2.34. The number of hydrogen-bond donors (Lipinski definition) is 2.